The summed E-state index contributed by atoms with van der Waals surface area (Å²) in [7, 11) is -3.49. The van der Waals surface area contributed by atoms with E-state index in [9.17, 15) is 13.2 Å². The Morgan fingerprint density at radius 3 is 2.57 bits per heavy atom. The third-order valence-corrected chi connectivity index (χ3v) is 8.25. The van der Waals surface area contributed by atoms with Crippen molar-refractivity contribution in [2.45, 2.75) is 30.1 Å². The van der Waals surface area contributed by atoms with Crippen LogP contribution >= 0.6 is 11.3 Å². The lowest BCUT2D eigenvalue weighted by atomic mass is 9.98. The molecule has 0 spiro atoms. The van der Waals surface area contributed by atoms with Gasteiger partial charge in [-0.3, -0.25) is 4.79 Å². The lowest BCUT2D eigenvalue weighted by molar-refractivity contribution is -0.156. The molecule has 0 aliphatic carbocycles. The third kappa shape index (κ3) is 4.30. The SMILES string of the molecule is C[C@H](OC(=O)C1CCN(S(=O)(=O)c2cccs2)CC1)c1nnc(-c2ccccc2)o1. The van der Waals surface area contributed by atoms with Gasteiger partial charge in [-0.1, -0.05) is 24.3 Å². The Bertz CT molecular complexity index is 1090. The highest BCUT2D eigenvalue weighted by molar-refractivity contribution is 7.91. The number of hydrogen-bond donors (Lipinski definition) is 0. The van der Waals surface area contributed by atoms with Crippen molar-refractivity contribution in [3.63, 3.8) is 0 Å². The maximum absolute atomic E-state index is 12.6. The second kappa shape index (κ2) is 8.66. The highest BCUT2D eigenvalue weighted by Gasteiger charge is 2.34. The number of thiophene rings is 1. The summed E-state index contributed by atoms with van der Waals surface area (Å²) in [5.74, 6) is -0.158. The maximum Gasteiger partial charge on any atom is 0.309 e. The molecule has 0 bridgehead atoms. The molecule has 30 heavy (non-hydrogen) atoms. The van der Waals surface area contributed by atoms with Crippen LogP contribution in [0.25, 0.3) is 11.5 Å². The van der Waals surface area contributed by atoms with Crippen LogP contribution in [-0.4, -0.2) is 42.0 Å². The molecule has 2 aromatic heterocycles. The minimum absolute atomic E-state index is 0.222. The summed E-state index contributed by atoms with van der Waals surface area (Å²) in [5, 5.41) is 9.73. The predicted octanol–water partition coefficient (Wildman–Crippen LogP) is 3.50. The van der Waals surface area contributed by atoms with Crippen molar-refractivity contribution < 1.29 is 22.4 Å². The lowest BCUT2D eigenvalue weighted by Gasteiger charge is -2.30. The molecule has 10 heteroatoms. The Balaban J connectivity index is 1.33. The summed E-state index contributed by atoms with van der Waals surface area (Å²) in [5.41, 5.74) is 0.786. The van der Waals surface area contributed by atoms with Crippen molar-refractivity contribution in [3.8, 4) is 11.5 Å². The van der Waals surface area contributed by atoms with Gasteiger partial charge >= 0.3 is 5.97 Å². The summed E-state index contributed by atoms with van der Waals surface area (Å²) in [6.45, 7) is 2.25. The fraction of sp³-hybridized carbons (Fsp3) is 0.350. The number of piperidine rings is 1. The fourth-order valence-electron chi connectivity index (χ4n) is 3.29. The third-order valence-electron chi connectivity index (χ3n) is 4.98. The summed E-state index contributed by atoms with van der Waals surface area (Å²) in [6, 6.07) is 12.6. The molecular weight excluding hydrogens is 426 g/mol. The summed E-state index contributed by atoms with van der Waals surface area (Å²) in [4.78, 5) is 12.6. The number of ether oxygens (including phenoxy) is 1. The number of sulfonamides is 1. The number of esters is 1. The molecule has 1 fully saturated rings. The fourth-order valence-corrected chi connectivity index (χ4v) is 5.90. The van der Waals surface area contributed by atoms with Gasteiger partial charge in [-0.05, 0) is 43.3 Å². The van der Waals surface area contributed by atoms with Gasteiger partial charge in [0.2, 0.25) is 5.89 Å². The van der Waals surface area contributed by atoms with E-state index in [4.69, 9.17) is 9.15 Å². The van der Waals surface area contributed by atoms with Gasteiger partial charge in [-0.25, -0.2) is 8.42 Å². The Hall–Kier alpha value is -2.56. The van der Waals surface area contributed by atoms with Gasteiger partial charge in [-0.15, -0.1) is 21.5 Å². The van der Waals surface area contributed by atoms with Crippen LogP contribution in [0.3, 0.4) is 0 Å². The first-order valence-electron chi connectivity index (χ1n) is 9.58. The molecule has 8 nitrogen and oxygen atoms in total. The van der Waals surface area contributed by atoms with E-state index in [0.717, 1.165) is 5.56 Å². The van der Waals surface area contributed by atoms with E-state index < -0.39 is 16.1 Å². The van der Waals surface area contributed by atoms with Crippen molar-refractivity contribution in [2.75, 3.05) is 13.1 Å². The van der Waals surface area contributed by atoms with Crippen LogP contribution in [0.5, 0.6) is 0 Å². The average molecular weight is 448 g/mol. The van der Waals surface area contributed by atoms with E-state index in [1.54, 1.807) is 24.4 Å². The molecule has 4 rings (SSSR count). The van der Waals surface area contributed by atoms with Crippen LogP contribution in [-0.2, 0) is 19.6 Å². The van der Waals surface area contributed by atoms with Gasteiger partial charge < -0.3 is 9.15 Å². The molecule has 1 aliphatic rings. The Labute approximate surface area is 178 Å². The first-order valence-corrected chi connectivity index (χ1v) is 11.9. The van der Waals surface area contributed by atoms with Crippen molar-refractivity contribution in [1.82, 2.24) is 14.5 Å². The number of nitrogens with zero attached hydrogens (tertiary/aromatic N) is 3. The van der Waals surface area contributed by atoms with Crippen molar-refractivity contribution in [3.05, 3.63) is 53.7 Å². The van der Waals surface area contributed by atoms with Gasteiger partial charge in [0.1, 0.15) is 4.21 Å². The molecule has 3 aromatic rings. The second-order valence-corrected chi connectivity index (χ2v) is 10.1. The molecule has 0 saturated carbocycles. The average Bonchev–Trinajstić information content (AvgIpc) is 3.47. The maximum atomic E-state index is 12.6. The van der Waals surface area contributed by atoms with E-state index in [0.29, 0.717) is 22.9 Å². The standard InChI is InChI=1S/C20H21N3O5S2/c1-14(18-21-22-19(28-18)15-6-3-2-4-7-15)27-20(24)16-9-11-23(12-10-16)30(25,26)17-8-5-13-29-17/h2-8,13-14,16H,9-12H2,1H3/t14-/m0/s1. The zero-order chi connectivity index (χ0) is 21.1. The van der Waals surface area contributed by atoms with Crippen LogP contribution in [0.4, 0.5) is 0 Å². The molecule has 1 saturated heterocycles. The van der Waals surface area contributed by atoms with Gasteiger partial charge in [0.25, 0.3) is 15.9 Å². The first kappa shape index (κ1) is 20.7. The molecule has 1 aromatic carbocycles. The molecule has 0 radical (unpaired) electrons. The van der Waals surface area contributed by atoms with Crippen LogP contribution in [0, 0.1) is 5.92 Å². The van der Waals surface area contributed by atoms with Gasteiger partial charge in [0.15, 0.2) is 6.10 Å². The van der Waals surface area contributed by atoms with Crippen molar-refractivity contribution in [1.29, 1.82) is 0 Å². The number of rotatable bonds is 6. The molecule has 1 atom stereocenters. The van der Waals surface area contributed by atoms with E-state index in [1.165, 1.54) is 15.6 Å². The number of benzene rings is 1. The predicted molar refractivity (Wildman–Crippen MR) is 110 cm³/mol. The van der Waals surface area contributed by atoms with Crippen LogP contribution in [0.1, 0.15) is 31.8 Å². The summed E-state index contributed by atoms with van der Waals surface area (Å²) < 4.78 is 38.1. The quantitative estimate of drug-likeness (QED) is 0.533. The number of hydrogen-bond acceptors (Lipinski definition) is 8. The number of carbonyl (C=O) groups is 1. The van der Waals surface area contributed by atoms with E-state index in [2.05, 4.69) is 10.2 Å². The Morgan fingerprint density at radius 1 is 1.17 bits per heavy atom. The van der Waals surface area contributed by atoms with E-state index in [1.807, 2.05) is 30.3 Å². The molecule has 1 aliphatic heterocycles. The molecule has 3 heterocycles. The molecular formula is C20H21N3O5S2. The largest absolute Gasteiger partial charge is 0.452 e. The van der Waals surface area contributed by atoms with E-state index >= 15 is 0 Å². The summed E-state index contributed by atoms with van der Waals surface area (Å²) in [6.07, 6.45) is 0.139. The van der Waals surface area contributed by atoms with Crippen LogP contribution in [0.2, 0.25) is 0 Å². The summed E-state index contributed by atoms with van der Waals surface area (Å²) >= 11 is 1.19. The van der Waals surface area contributed by atoms with Gasteiger partial charge in [0, 0.05) is 18.7 Å². The first-order chi connectivity index (χ1) is 14.4. The Morgan fingerprint density at radius 2 is 1.90 bits per heavy atom. The normalized spacial score (nSPS) is 17.0. The minimum Gasteiger partial charge on any atom is -0.452 e. The van der Waals surface area contributed by atoms with Crippen LogP contribution in [0.15, 0.2) is 56.5 Å². The smallest absolute Gasteiger partial charge is 0.309 e. The number of carbonyl (C=O) groups excluding carboxylic acids is 1. The highest BCUT2D eigenvalue weighted by atomic mass is 32.2. The van der Waals surface area contributed by atoms with Gasteiger partial charge in [-0.2, -0.15) is 4.31 Å². The topological polar surface area (TPSA) is 103 Å². The molecule has 0 amide bonds. The van der Waals surface area contributed by atoms with Crippen LogP contribution < -0.4 is 0 Å². The minimum atomic E-state index is -3.49. The molecule has 0 N–H and O–H groups in total. The Kier molecular flexibility index (Phi) is 5.98. The molecule has 0 unspecified atom stereocenters. The monoisotopic (exact) mass is 447 g/mol. The van der Waals surface area contributed by atoms with Crippen molar-refractivity contribution >= 4 is 27.3 Å². The second-order valence-electron chi connectivity index (χ2n) is 7.00. The molecule has 158 valence electrons. The highest BCUT2D eigenvalue weighted by Crippen LogP contribution is 2.28. The number of aromatic nitrogens is 2. The zero-order valence-corrected chi connectivity index (χ0v) is 17.9. The van der Waals surface area contributed by atoms with Gasteiger partial charge in [0.05, 0.1) is 5.92 Å². The zero-order valence-electron chi connectivity index (χ0n) is 16.3. The van der Waals surface area contributed by atoms with E-state index in [-0.39, 0.29) is 30.9 Å². The van der Waals surface area contributed by atoms with Crippen molar-refractivity contribution in [2.24, 2.45) is 5.92 Å². The lowest BCUT2D eigenvalue weighted by Crippen LogP contribution is -2.40.